The van der Waals surface area contributed by atoms with Gasteiger partial charge < -0.3 is 14.6 Å². The molecule has 2 atom stereocenters. The molecule has 0 saturated carbocycles. The fourth-order valence-corrected chi connectivity index (χ4v) is 0.968. The van der Waals surface area contributed by atoms with Gasteiger partial charge in [0, 0.05) is 6.61 Å². The maximum atomic E-state index is 8.98. The molecule has 1 rings (SSSR count). The van der Waals surface area contributed by atoms with E-state index in [9.17, 15) is 0 Å². The zero-order valence-corrected chi connectivity index (χ0v) is 6.25. The summed E-state index contributed by atoms with van der Waals surface area (Å²) in [5, 5.41) is 8.98. The van der Waals surface area contributed by atoms with E-state index in [0.29, 0.717) is 13.2 Å². The van der Waals surface area contributed by atoms with E-state index in [4.69, 9.17) is 14.6 Å². The lowest BCUT2D eigenvalue weighted by atomic mass is 10.2. The van der Waals surface area contributed by atoms with Crippen molar-refractivity contribution in [1.82, 2.24) is 0 Å². The zero-order valence-electron chi connectivity index (χ0n) is 6.25. The molecule has 3 heteroatoms. The number of hydrogen-bond acceptors (Lipinski definition) is 3. The maximum Gasteiger partial charge on any atom is 0.178 e. The normalized spacial score (nSPS) is 36.6. The number of ether oxygens (including phenoxy) is 2. The van der Waals surface area contributed by atoms with Gasteiger partial charge in [-0.05, 0) is 19.8 Å². The second kappa shape index (κ2) is 3.91. The molecule has 1 fully saturated rings. The molecule has 0 aromatic carbocycles. The van der Waals surface area contributed by atoms with Gasteiger partial charge in [0.15, 0.2) is 6.29 Å². The van der Waals surface area contributed by atoms with Crippen molar-refractivity contribution in [2.24, 2.45) is 0 Å². The minimum absolute atomic E-state index is 0.263. The van der Waals surface area contributed by atoms with Crippen LogP contribution in [0.2, 0.25) is 0 Å². The molecule has 1 heterocycles. The summed E-state index contributed by atoms with van der Waals surface area (Å²) in [6.45, 7) is 2.97. The van der Waals surface area contributed by atoms with Gasteiger partial charge in [0.05, 0.1) is 12.7 Å². The average molecular weight is 146 g/mol. The van der Waals surface area contributed by atoms with Crippen LogP contribution in [0.25, 0.3) is 0 Å². The maximum absolute atomic E-state index is 8.98. The van der Waals surface area contributed by atoms with Crippen molar-refractivity contribution in [3.05, 3.63) is 0 Å². The Morgan fingerprint density at radius 3 is 3.00 bits per heavy atom. The van der Waals surface area contributed by atoms with E-state index >= 15 is 0 Å². The van der Waals surface area contributed by atoms with Crippen molar-refractivity contribution in [2.75, 3.05) is 13.2 Å². The second-order valence-electron chi connectivity index (χ2n) is 2.61. The second-order valence-corrected chi connectivity index (χ2v) is 2.61. The van der Waals surface area contributed by atoms with Gasteiger partial charge >= 0.3 is 0 Å². The first-order valence-electron chi connectivity index (χ1n) is 3.70. The smallest absolute Gasteiger partial charge is 0.178 e. The van der Waals surface area contributed by atoms with Crippen molar-refractivity contribution in [3.63, 3.8) is 0 Å². The highest BCUT2D eigenvalue weighted by molar-refractivity contribution is 4.54. The lowest BCUT2D eigenvalue weighted by molar-refractivity contribution is -0.161. The summed E-state index contributed by atoms with van der Waals surface area (Å²) in [7, 11) is 0. The molecule has 0 aromatic heterocycles. The van der Waals surface area contributed by atoms with E-state index in [1.165, 1.54) is 0 Å². The number of aliphatic hydroxyl groups is 1. The average Bonchev–Trinajstić information content (AvgIpc) is 1.90. The molecule has 10 heavy (non-hydrogen) atoms. The van der Waals surface area contributed by atoms with Crippen LogP contribution in [0, 0.1) is 0 Å². The van der Waals surface area contributed by atoms with Gasteiger partial charge in [-0.1, -0.05) is 0 Å². The lowest BCUT2D eigenvalue weighted by Crippen LogP contribution is -2.26. The SMILES string of the molecule is CC1CCCOC(O)CO1. The van der Waals surface area contributed by atoms with Crippen LogP contribution in [0.3, 0.4) is 0 Å². The van der Waals surface area contributed by atoms with E-state index in [2.05, 4.69) is 0 Å². The molecular formula is C7H14O3. The number of hydrogen-bond donors (Lipinski definition) is 1. The number of rotatable bonds is 0. The van der Waals surface area contributed by atoms with Crippen LogP contribution in [0.1, 0.15) is 19.8 Å². The van der Waals surface area contributed by atoms with Gasteiger partial charge in [0.25, 0.3) is 0 Å². The van der Waals surface area contributed by atoms with Crippen LogP contribution in [0.4, 0.5) is 0 Å². The molecule has 0 spiro atoms. The predicted molar refractivity (Wildman–Crippen MR) is 36.6 cm³/mol. The monoisotopic (exact) mass is 146 g/mol. The summed E-state index contributed by atoms with van der Waals surface area (Å²) in [5.74, 6) is 0. The van der Waals surface area contributed by atoms with Crippen LogP contribution in [-0.4, -0.2) is 30.7 Å². The van der Waals surface area contributed by atoms with Gasteiger partial charge in [-0.3, -0.25) is 0 Å². The van der Waals surface area contributed by atoms with Crippen molar-refractivity contribution in [3.8, 4) is 0 Å². The first kappa shape index (κ1) is 7.98. The molecule has 1 aliphatic rings. The van der Waals surface area contributed by atoms with E-state index < -0.39 is 6.29 Å². The molecule has 0 bridgehead atoms. The molecule has 60 valence electrons. The van der Waals surface area contributed by atoms with Crippen LogP contribution in [0.5, 0.6) is 0 Å². The van der Waals surface area contributed by atoms with Crippen molar-refractivity contribution in [2.45, 2.75) is 32.2 Å². The Labute approximate surface area is 60.9 Å². The summed E-state index contributed by atoms with van der Waals surface area (Å²) in [6.07, 6.45) is 1.53. The Kier molecular flexibility index (Phi) is 3.12. The Hall–Kier alpha value is -0.120. The Morgan fingerprint density at radius 1 is 1.40 bits per heavy atom. The molecule has 1 N–H and O–H groups in total. The van der Waals surface area contributed by atoms with E-state index in [1.54, 1.807) is 0 Å². The van der Waals surface area contributed by atoms with Crippen molar-refractivity contribution < 1.29 is 14.6 Å². The first-order chi connectivity index (χ1) is 4.79. The molecular weight excluding hydrogens is 132 g/mol. The van der Waals surface area contributed by atoms with E-state index in [-0.39, 0.29) is 6.10 Å². The van der Waals surface area contributed by atoms with E-state index in [1.807, 2.05) is 6.92 Å². The molecule has 0 aliphatic carbocycles. The summed E-state index contributed by atoms with van der Waals surface area (Å²) in [6, 6.07) is 0. The van der Waals surface area contributed by atoms with Crippen LogP contribution in [-0.2, 0) is 9.47 Å². The fourth-order valence-electron chi connectivity index (χ4n) is 0.968. The van der Waals surface area contributed by atoms with E-state index in [0.717, 1.165) is 12.8 Å². The highest BCUT2D eigenvalue weighted by atomic mass is 16.6. The summed E-state index contributed by atoms with van der Waals surface area (Å²) < 4.78 is 10.2. The molecule has 1 saturated heterocycles. The summed E-state index contributed by atoms with van der Waals surface area (Å²) in [5.41, 5.74) is 0. The van der Waals surface area contributed by atoms with Crippen LogP contribution >= 0.6 is 0 Å². The first-order valence-corrected chi connectivity index (χ1v) is 3.70. The minimum Gasteiger partial charge on any atom is -0.373 e. The minimum atomic E-state index is -0.720. The largest absolute Gasteiger partial charge is 0.373 e. The lowest BCUT2D eigenvalue weighted by Gasteiger charge is -2.20. The summed E-state index contributed by atoms with van der Waals surface area (Å²) >= 11 is 0. The third-order valence-electron chi connectivity index (χ3n) is 1.59. The quantitative estimate of drug-likeness (QED) is 0.541. The van der Waals surface area contributed by atoms with Crippen molar-refractivity contribution in [1.29, 1.82) is 0 Å². The van der Waals surface area contributed by atoms with Crippen LogP contribution < -0.4 is 0 Å². The van der Waals surface area contributed by atoms with Gasteiger partial charge in [0.1, 0.15) is 0 Å². The standard InChI is InChI=1S/C7H14O3/c1-6-3-2-4-9-7(8)5-10-6/h6-8H,2-5H2,1H3. The Balaban J connectivity index is 2.23. The summed E-state index contributed by atoms with van der Waals surface area (Å²) in [4.78, 5) is 0. The highest BCUT2D eigenvalue weighted by Crippen LogP contribution is 2.07. The topological polar surface area (TPSA) is 38.7 Å². The van der Waals surface area contributed by atoms with Crippen molar-refractivity contribution >= 4 is 0 Å². The molecule has 0 amide bonds. The molecule has 3 nitrogen and oxygen atoms in total. The Morgan fingerprint density at radius 2 is 2.20 bits per heavy atom. The van der Waals surface area contributed by atoms with Gasteiger partial charge in [-0.2, -0.15) is 0 Å². The fraction of sp³-hybridized carbons (Fsp3) is 1.00. The molecule has 0 aromatic rings. The Bertz CT molecular complexity index is 82.9. The third-order valence-corrected chi connectivity index (χ3v) is 1.59. The third kappa shape index (κ3) is 2.64. The zero-order chi connectivity index (χ0) is 7.40. The number of aliphatic hydroxyl groups excluding tert-OH is 1. The molecule has 0 radical (unpaired) electrons. The predicted octanol–water partition coefficient (Wildman–Crippen LogP) is 0.520. The van der Waals surface area contributed by atoms with Gasteiger partial charge in [-0.15, -0.1) is 0 Å². The van der Waals surface area contributed by atoms with Gasteiger partial charge in [-0.25, -0.2) is 0 Å². The van der Waals surface area contributed by atoms with Crippen LogP contribution in [0.15, 0.2) is 0 Å². The molecule has 2 unspecified atom stereocenters. The highest BCUT2D eigenvalue weighted by Gasteiger charge is 2.11. The molecule has 1 aliphatic heterocycles. The van der Waals surface area contributed by atoms with Gasteiger partial charge in [0.2, 0.25) is 0 Å².